The molecule has 1 aliphatic carbocycles. The zero-order valence-electron chi connectivity index (χ0n) is 10.1. The minimum Gasteiger partial charge on any atom is -0.496 e. The van der Waals surface area contributed by atoms with E-state index in [9.17, 15) is 0 Å². The van der Waals surface area contributed by atoms with Gasteiger partial charge in [-0.25, -0.2) is 6.57 Å². The average molecular weight is 247 g/mol. The van der Waals surface area contributed by atoms with Crippen molar-refractivity contribution in [2.45, 2.75) is 41.9 Å². The summed E-state index contributed by atoms with van der Waals surface area (Å²) >= 11 is 1.68. The average Bonchev–Trinajstić information content (AvgIpc) is 2.40. The molecule has 2 nitrogen and oxygen atoms in total. The standard InChI is InChI=1S/C14H17NOS/c1-15-14(10-6-3-7-11-14)17-13-9-5-4-8-12(13)16-2/h4-5,8-9H,3,6-7,10-11H2,2H3. The van der Waals surface area contributed by atoms with E-state index in [4.69, 9.17) is 11.3 Å². The highest BCUT2D eigenvalue weighted by Gasteiger charge is 2.40. The van der Waals surface area contributed by atoms with Gasteiger partial charge in [0.1, 0.15) is 5.75 Å². The Kier molecular flexibility index (Phi) is 3.96. The van der Waals surface area contributed by atoms with Gasteiger partial charge in [-0.05, 0) is 36.7 Å². The van der Waals surface area contributed by atoms with Crippen LogP contribution in [0.4, 0.5) is 0 Å². The minimum absolute atomic E-state index is 0.257. The molecule has 2 rings (SSSR count). The second-order valence-electron chi connectivity index (χ2n) is 4.37. The fourth-order valence-corrected chi connectivity index (χ4v) is 3.60. The number of methoxy groups -OCH3 is 1. The van der Waals surface area contributed by atoms with Gasteiger partial charge < -0.3 is 4.74 Å². The van der Waals surface area contributed by atoms with Gasteiger partial charge in [-0.1, -0.05) is 18.6 Å². The van der Waals surface area contributed by atoms with Crippen molar-refractivity contribution < 1.29 is 4.74 Å². The molecule has 1 aromatic carbocycles. The van der Waals surface area contributed by atoms with Crippen molar-refractivity contribution in [2.75, 3.05) is 7.11 Å². The van der Waals surface area contributed by atoms with Gasteiger partial charge in [0.05, 0.1) is 12.0 Å². The monoisotopic (exact) mass is 247 g/mol. The number of thioether (sulfide) groups is 1. The second kappa shape index (κ2) is 5.46. The molecular weight excluding hydrogens is 230 g/mol. The number of para-hydroxylation sites is 1. The lowest BCUT2D eigenvalue weighted by atomic mass is 9.95. The van der Waals surface area contributed by atoms with Gasteiger partial charge in [0.15, 0.2) is 0 Å². The summed E-state index contributed by atoms with van der Waals surface area (Å²) in [5.74, 6) is 0.881. The topological polar surface area (TPSA) is 13.6 Å². The summed E-state index contributed by atoms with van der Waals surface area (Å²) in [6.45, 7) is 7.49. The molecule has 1 aromatic rings. The number of ether oxygens (including phenoxy) is 1. The summed E-state index contributed by atoms with van der Waals surface area (Å²) in [4.78, 5) is 4.74. The van der Waals surface area contributed by atoms with Crippen LogP contribution in [-0.4, -0.2) is 12.0 Å². The van der Waals surface area contributed by atoms with Crippen molar-refractivity contribution in [3.8, 4) is 5.75 Å². The van der Waals surface area contributed by atoms with Gasteiger partial charge >= 0.3 is 0 Å². The molecule has 1 fully saturated rings. The molecule has 1 aliphatic rings. The summed E-state index contributed by atoms with van der Waals surface area (Å²) in [6.07, 6.45) is 5.61. The van der Waals surface area contributed by atoms with Crippen LogP contribution in [0.25, 0.3) is 4.85 Å². The molecule has 17 heavy (non-hydrogen) atoms. The lowest BCUT2D eigenvalue weighted by Gasteiger charge is -2.25. The normalized spacial score (nSPS) is 18.4. The van der Waals surface area contributed by atoms with E-state index in [1.165, 1.54) is 19.3 Å². The summed E-state index contributed by atoms with van der Waals surface area (Å²) < 4.78 is 5.35. The smallest absolute Gasteiger partial charge is 0.282 e. The molecule has 0 aromatic heterocycles. The van der Waals surface area contributed by atoms with Gasteiger partial charge in [-0.2, -0.15) is 0 Å². The van der Waals surface area contributed by atoms with E-state index in [2.05, 4.69) is 4.85 Å². The molecule has 90 valence electrons. The Morgan fingerprint density at radius 3 is 2.59 bits per heavy atom. The zero-order valence-corrected chi connectivity index (χ0v) is 10.9. The first kappa shape index (κ1) is 12.3. The van der Waals surface area contributed by atoms with Crippen LogP contribution in [0.2, 0.25) is 0 Å². The lowest BCUT2D eigenvalue weighted by Crippen LogP contribution is -2.23. The van der Waals surface area contributed by atoms with E-state index in [-0.39, 0.29) is 4.87 Å². The third kappa shape index (κ3) is 2.76. The van der Waals surface area contributed by atoms with Crippen molar-refractivity contribution >= 4 is 11.8 Å². The van der Waals surface area contributed by atoms with E-state index in [0.29, 0.717) is 0 Å². The molecule has 0 radical (unpaired) electrons. The molecule has 1 saturated carbocycles. The van der Waals surface area contributed by atoms with Crippen molar-refractivity contribution in [3.05, 3.63) is 35.7 Å². The highest BCUT2D eigenvalue weighted by atomic mass is 32.2. The molecule has 0 saturated heterocycles. The van der Waals surface area contributed by atoms with Crippen molar-refractivity contribution in [2.24, 2.45) is 0 Å². The van der Waals surface area contributed by atoms with Gasteiger partial charge in [-0.3, -0.25) is 4.85 Å². The Hall–Kier alpha value is -1.14. The summed E-state index contributed by atoms with van der Waals surface area (Å²) in [6, 6.07) is 7.98. The Labute approximate surface area is 107 Å². The Morgan fingerprint density at radius 1 is 1.24 bits per heavy atom. The Balaban J connectivity index is 2.21. The molecular formula is C14H17NOS. The Bertz CT molecular complexity index is 418. The summed E-state index contributed by atoms with van der Waals surface area (Å²) in [5, 5.41) is 0. The van der Waals surface area contributed by atoms with Gasteiger partial charge in [-0.15, -0.1) is 0 Å². The van der Waals surface area contributed by atoms with Crippen LogP contribution < -0.4 is 4.74 Å². The van der Waals surface area contributed by atoms with E-state index in [1.54, 1.807) is 18.9 Å². The van der Waals surface area contributed by atoms with Crippen molar-refractivity contribution in [3.63, 3.8) is 0 Å². The zero-order chi connectivity index (χ0) is 12.1. The van der Waals surface area contributed by atoms with Gasteiger partial charge in [0, 0.05) is 12.8 Å². The number of nitrogens with zero attached hydrogens (tertiary/aromatic N) is 1. The molecule has 3 heteroatoms. The summed E-state index contributed by atoms with van der Waals surface area (Å²) in [5.41, 5.74) is 0. The molecule has 0 N–H and O–H groups in total. The summed E-state index contributed by atoms with van der Waals surface area (Å²) in [7, 11) is 1.69. The van der Waals surface area contributed by atoms with E-state index >= 15 is 0 Å². The SMILES string of the molecule is [C-]#[N+]C1(Sc2ccccc2OC)CCCCC1. The van der Waals surface area contributed by atoms with Crippen molar-refractivity contribution in [1.29, 1.82) is 0 Å². The fourth-order valence-electron chi connectivity index (χ4n) is 2.25. The number of benzene rings is 1. The molecule has 0 unspecified atom stereocenters. The molecule has 0 heterocycles. The third-order valence-corrected chi connectivity index (χ3v) is 4.64. The van der Waals surface area contributed by atoms with E-state index in [1.807, 2.05) is 24.3 Å². The number of hydrogen-bond acceptors (Lipinski definition) is 2. The predicted molar refractivity (Wildman–Crippen MR) is 71.3 cm³/mol. The maximum absolute atomic E-state index is 7.49. The quantitative estimate of drug-likeness (QED) is 0.736. The first-order valence-corrected chi connectivity index (χ1v) is 6.82. The number of hydrogen-bond donors (Lipinski definition) is 0. The van der Waals surface area contributed by atoms with Gasteiger partial charge in [0.25, 0.3) is 4.87 Å². The highest BCUT2D eigenvalue weighted by molar-refractivity contribution is 8.01. The Morgan fingerprint density at radius 2 is 1.94 bits per heavy atom. The third-order valence-electron chi connectivity index (χ3n) is 3.21. The predicted octanol–water partition coefficient (Wildman–Crippen LogP) is 4.37. The van der Waals surface area contributed by atoms with Crippen LogP contribution in [0.1, 0.15) is 32.1 Å². The first-order valence-electron chi connectivity index (χ1n) is 6.00. The van der Waals surface area contributed by atoms with Crippen LogP contribution in [-0.2, 0) is 0 Å². The maximum Gasteiger partial charge on any atom is 0.282 e. The molecule has 0 atom stereocenters. The molecule has 0 spiro atoms. The van der Waals surface area contributed by atoms with Crippen LogP contribution in [0.3, 0.4) is 0 Å². The maximum atomic E-state index is 7.49. The number of rotatable bonds is 3. The minimum atomic E-state index is -0.257. The molecule has 0 bridgehead atoms. The van der Waals surface area contributed by atoms with E-state index in [0.717, 1.165) is 23.5 Å². The van der Waals surface area contributed by atoms with Crippen LogP contribution >= 0.6 is 11.8 Å². The first-order chi connectivity index (χ1) is 8.29. The van der Waals surface area contributed by atoms with Crippen LogP contribution in [0.15, 0.2) is 29.2 Å². The highest BCUT2D eigenvalue weighted by Crippen LogP contribution is 2.47. The van der Waals surface area contributed by atoms with Crippen LogP contribution in [0, 0.1) is 6.57 Å². The lowest BCUT2D eigenvalue weighted by molar-refractivity contribution is 0.403. The van der Waals surface area contributed by atoms with E-state index < -0.39 is 0 Å². The fraction of sp³-hybridized carbons (Fsp3) is 0.500. The second-order valence-corrected chi connectivity index (χ2v) is 5.78. The van der Waals surface area contributed by atoms with Gasteiger partial charge in [0.2, 0.25) is 0 Å². The van der Waals surface area contributed by atoms with Crippen LogP contribution in [0.5, 0.6) is 5.75 Å². The van der Waals surface area contributed by atoms with Crippen molar-refractivity contribution in [1.82, 2.24) is 0 Å². The molecule has 0 amide bonds. The largest absolute Gasteiger partial charge is 0.496 e. The molecule has 0 aliphatic heterocycles.